The van der Waals surface area contributed by atoms with Gasteiger partial charge in [-0.25, -0.2) is 13.1 Å². The van der Waals surface area contributed by atoms with Crippen molar-refractivity contribution in [1.82, 2.24) is 10.0 Å². The largest absolute Gasteiger partial charge is 0.352 e. The van der Waals surface area contributed by atoms with Crippen LogP contribution in [0, 0.1) is 12.8 Å². The molecule has 0 bridgehead atoms. The van der Waals surface area contributed by atoms with E-state index in [1.807, 2.05) is 20.8 Å². The number of carbonyl (C=O) groups excluding carboxylic acids is 1. The van der Waals surface area contributed by atoms with E-state index in [1.165, 1.54) is 24.5 Å². The van der Waals surface area contributed by atoms with Gasteiger partial charge < -0.3 is 5.32 Å². The summed E-state index contributed by atoms with van der Waals surface area (Å²) in [5.41, 5.74) is 2.50. The summed E-state index contributed by atoms with van der Waals surface area (Å²) in [6.45, 7) is 6.78. The Labute approximate surface area is 157 Å². The number of carbonyl (C=O) groups is 1. The van der Waals surface area contributed by atoms with Crippen LogP contribution in [-0.4, -0.2) is 27.4 Å². The average molecular weight is 379 g/mol. The predicted octanol–water partition coefficient (Wildman–Crippen LogP) is 3.55. The zero-order chi connectivity index (χ0) is 19.2. The van der Waals surface area contributed by atoms with Gasteiger partial charge in [0, 0.05) is 18.7 Å². The van der Waals surface area contributed by atoms with Crippen LogP contribution in [0.5, 0.6) is 0 Å². The number of aryl methyl sites for hydroxylation is 1. The van der Waals surface area contributed by atoms with Gasteiger partial charge in [-0.1, -0.05) is 31.6 Å². The minimum absolute atomic E-state index is 0.135. The normalized spacial score (nSPS) is 15.0. The molecule has 1 aliphatic rings. The van der Waals surface area contributed by atoms with Crippen molar-refractivity contribution in [3.63, 3.8) is 0 Å². The highest BCUT2D eigenvalue weighted by Crippen LogP contribution is 2.20. The summed E-state index contributed by atoms with van der Waals surface area (Å²) in [6.07, 6.45) is 7.53. The van der Waals surface area contributed by atoms with Gasteiger partial charge in [0.2, 0.25) is 10.0 Å². The van der Waals surface area contributed by atoms with Gasteiger partial charge in [-0.05, 0) is 62.6 Å². The average Bonchev–Trinajstić information content (AvgIpc) is 2.60. The molecule has 0 unspecified atom stereocenters. The van der Waals surface area contributed by atoms with Crippen LogP contribution < -0.4 is 10.0 Å². The van der Waals surface area contributed by atoms with Gasteiger partial charge in [-0.15, -0.1) is 0 Å². The van der Waals surface area contributed by atoms with Gasteiger partial charge in [0.1, 0.15) is 0 Å². The summed E-state index contributed by atoms with van der Waals surface area (Å²) >= 11 is 0. The molecule has 6 heteroatoms. The first-order chi connectivity index (χ1) is 12.3. The molecule has 2 rings (SSSR count). The van der Waals surface area contributed by atoms with E-state index in [-0.39, 0.29) is 10.8 Å². The molecule has 0 heterocycles. The van der Waals surface area contributed by atoms with Crippen LogP contribution in [0.4, 0.5) is 0 Å². The van der Waals surface area contributed by atoms with Crippen molar-refractivity contribution in [3.05, 3.63) is 41.0 Å². The monoisotopic (exact) mass is 378 g/mol. The Morgan fingerprint density at radius 2 is 2.00 bits per heavy atom. The maximum atomic E-state index is 12.6. The third-order valence-electron chi connectivity index (χ3n) is 4.56. The predicted molar refractivity (Wildman–Crippen MR) is 105 cm³/mol. The molecular formula is C20H30N2O3S. The summed E-state index contributed by atoms with van der Waals surface area (Å²) in [6, 6.07) is 4.70. The molecule has 2 N–H and O–H groups in total. The third kappa shape index (κ3) is 5.95. The van der Waals surface area contributed by atoms with Crippen molar-refractivity contribution in [2.24, 2.45) is 5.92 Å². The lowest BCUT2D eigenvalue weighted by molar-refractivity contribution is 0.0948. The Morgan fingerprint density at radius 1 is 1.23 bits per heavy atom. The van der Waals surface area contributed by atoms with E-state index in [4.69, 9.17) is 0 Å². The summed E-state index contributed by atoms with van der Waals surface area (Å²) in [5.74, 6) is 0.0996. The molecule has 1 aliphatic carbocycles. The second kappa shape index (κ2) is 9.33. The van der Waals surface area contributed by atoms with Crippen molar-refractivity contribution < 1.29 is 13.2 Å². The highest BCUT2D eigenvalue weighted by Gasteiger charge is 2.18. The van der Waals surface area contributed by atoms with Crippen molar-refractivity contribution >= 4 is 15.9 Å². The second-order valence-electron chi connectivity index (χ2n) is 7.34. The van der Waals surface area contributed by atoms with E-state index >= 15 is 0 Å². The highest BCUT2D eigenvalue weighted by molar-refractivity contribution is 7.89. The third-order valence-corrected chi connectivity index (χ3v) is 6.02. The Balaban J connectivity index is 2.05. The summed E-state index contributed by atoms with van der Waals surface area (Å²) < 4.78 is 27.8. The molecule has 0 saturated carbocycles. The van der Waals surface area contributed by atoms with E-state index in [9.17, 15) is 13.2 Å². The van der Waals surface area contributed by atoms with Crippen molar-refractivity contribution in [3.8, 4) is 0 Å². The first kappa shape index (κ1) is 20.6. The smallest absolute Gasteiger partial charge is 0.251 e. The molecular weight excluding hydrogens is 348 g/mol. The fourth-order valence-electron chi connectivity index (χ4n) is 2.97. The number of hydrogen-bond acceptors (Lipinski definition) is 3. The molecule has 0 saturated heterocycles. The molecule has 1 amide bonds. The maximum Gasteiger partial charge on any atom is 0.251 e. The molecule has 0 aromatic heterocycles. The number of rotatable bonds is 8. The van der Waals surface area contributed by atoms with Crippen LogP contribution >= 0.6 is 0 Å². The Morgan fingerprint density at radius 3 is 2.65 bits per heavy atom. The van der Waals surface area contributed by atoms with E-state index < -0.39 is 10.0 Å². The number of allylic oxidation sites excluding steroid dienone is 1. The molecule has 1 aromatic carbocycles. The SMILES string of the molecule is Cc1ccc(S(=O)(=O)NCCC2=CCCCC2)cc1C(=O)NCC(C)C. The molecule has 0 atom stereocenters. The Hall–Kier alpha value is -1.66. The molecule has 144 valence electrons. The van der Waals surface area contributed by atoms with Crippen molar-refractivity contribution in [1.29, 1.82) is 0 Å². The minimum atomic E-state index is -3.62. The van der Waals surface area contributed by atoms with E-state index in [1.54, 1.807) is 12.1 Å². The zero-order valence-electron chi connectivity index (χ0n) is 16.0. The lowest BCUT2D eigenvalue weighted by atomic mass is 9.97. The van der Waals surface area contributed by atoms with Gasteiger partial charge in [0.15, 0.2) is 0 Å². The molecule has 26 heavy (non-hydrogen) atoms. The van der Waals surface area contributed by atoms with E-state index in [0.29, 0.717) is 24.6 Å². The van der Waals surface area contributed by atoms with Crippen molar-refractivity contribution in [2.75, 3.05) is 13.1 Å². The van der Waals surface area contributed by atoms with Crippen LogP contribution in [0.2, 0.25) is 0 Å². The fraction of sp³-hybridized carbons (Fsp3) is 0.550. The number of benzene rings is 1. The van der Waals surface area contributed by atoms with Gasteiger partial charge in [-0.2, -0.15) is 0 Å². The number of amides is 1. The van der Waals surface area contributed by atoms with E-state index in [0.717, 1.165) is 24.8 Å². The Kier molecular flexibility index (Phi) is 7.41. The summed E-state index contributed by atoms with van der Waals surface area (Å²) in [4.78, 5) is 12.5. The van der Waals surface area contributed by atoms with Crippen LogP contribution in [0.3, 0.4) is 0 Å². The quantitative estimate of drug-likeness (QED) is 0.679. The van der Waals surface area contributed by atoms with Crippen LogP contribution in [0.25, 0.3) is 0 Å². The van der Waals surface area contributed by atoms with Gasteiger partial charge in [0.05, 0.1) is 4.90 Å². The van der Waals surface area contributed by atoms with Crippen LogP contribution in [0.1, 0.15) is 61.9 Å². The van der Waals surface area contributed by atoms with Crippen LogP contribution in [-0.2, 0) is 10.0 Å². The first-order valence-corrected chi connectivity index (χ1v) is 10.8. The molecule has 0 spiro atoms. The van der Waals surface area contributed by atoms with Gasteiger partial charge in [0.25, 0.3) is 5.91 Å². The first-order valence-electron chi connectivity index (χ1n) is 9.36. The topological polar surface area (TPSA) is 75.3 Å². The van der Waals surface area contributed by atoms with E-state index in [2.05, 4.69) is 16.1 Å². The second-order valence-corrected chi connectivity index (χ2v) is 9.10. The molecule has 0 radical (unpaired) electrons. The van der Waals surface area contributed by atoms with Crippen molar-refractivity contribution in [2.45, 2.75) is 57.8 Å². The summed E-state index contributed by atoms with van der Waals surface area (Å²) in [5, 5.41) is 2.84. The highest BCUT2D eigenvalue weighted by atomic mass is 32.2. The minimum Gasteiger partial charge on any atom is -0.352 e. The maximum absolute atomic E-state index is 12.6. The molecule has 0 aliphatic heterocycles. The van der Waals surface area contributed by atoms with Gasteiger partial charge >= 0.3 is 0 Å². The summed E-state index contributed by atoms with van der Waals surface area (Å²) in [7, 11) is -3.62. The molecule has 1 aromatic rings. The molecule has 5 nitrogen and oxygen atoms in total. The number of hydrogen-bond donors (Lipinski definition) is 2. The zero-order valence-corrected chi connectivity index (χ0v) is 16.8. The number of nitrogens with one attached hydrogen (secondary N) is 2. The van der Waals surface area contributed by atoms with Crippen LogP contribution in [0.15, 0.2) is 34.7 Å². The molecule has 0 fully saturated rings. The fourth-order valence-corrected chi connectivity index (χ4v) is 4.02. The van der Waals surface area contributed by atoms with Gasteiger partial charge in [-0.3, -0.25) is 4.79 Å². The lowest BCUT2D eigenvalue weighted by Gasteiger charge is -2.14. The standard InChI is InChI=1S/C20H30N2O3S/c1-15(2)14-21-20(23)19-13-18(10-9-16(19)3)26(24,25)22-12-11-17-7-5-4-6-8-17/h7,9-10,13,15,22H,4-6,8,11-12,14H2,1-3H3,(H,21,23). The lowest BCUT2D eigenvalue weighted by Crippen LogP contribution is -2.29. The number of sulfonamides is 1. The Bertz CT molecular complexity index is 767.